The molecule has 90 valence electrons. The van der Waals surface area contributed by atoms with E-state index < -0.39 is 0 Å². The number of nitrogens with two attached hydrogens (primary N) is 1. The fourth-order valence-corrected chi connectivity index (χ4v) is 2.31. The van der Waals surface area contributed by atoms with Gasteiger partial charge in [-0.2, -0.15) is 0 Å². The summed E-state index contributed by atoms with van der Waals surface area (Å²) in [5.74, 6) is 1.76. The summed E-state index contributed by atoms with van der Waals surface area (Å²) in [5.41, 5.74) is 6.06. The number of rotatable bonds is 5. The highest BCUT2D eigenvalue weighted by molar-refractivity contribution is 4.79. The quantitative estimate of drug-likeness (QED) is 0.758. The van der Waals surface area contributed by atoms with Gasteiger partial charge in [0.15, 0.2) is 0 Å². The van der Waals surface area contributed by atoms with Gasteiger partial charge in [0.2, 0.25) is 0 Å². The molecule has 2 N–H and O–H groups in total. The molecule has 0 aromatic rings. The van der Waals surface area contributed by atoms with E-state index in [1.807, 2.05) is 0 Å². The van der Waals surface area contributed by atoms with Crippen LogP contribution >= 0.6 is 0 Å². The lowest BCUT2D eigenvalue weighted by Gasteiger charge is -2.24. The third-order valence-corrected chi connectivity index (χ3v) is 3.94. The minimum atomic E-state index is 0.330. The molecule has 0 bridgehead atoms. The summed E-state index contributed by atoms with van der Waals surface area (Å²) in [6, 6.07) is 0. The zero-order chi connectivity index (χ0) is 11.5. The molecule has 1 aliphatic heterocycles. The summed E-state index contributed by atoms with van der Waals surface area (Å²) >= 11 is 0. The van der Waals surface area contributed by atoms with Gasteiger partial charge in [0.05, 0.1) is 0 Å². The van der Waals surface area contributed by atoms with E-state index in [1.54, 1.807) is 0 Å². The van der Waals surface area contributed by atoms with Crippen LogP contribution in [0.25, 0.3) is 0 Å². The maximum atomic E-state index is 5.73. The molecule has 0 aromatic heterocycles. The fourth-order valence-electron chi connectivity index (χ4n) is 2.31. The van der Waals surface area contributed by atoms with Crippen molar-refractivity contribution in [2.75, 3.05) is 26.2 Å². The number of nitrogens with zero attached hydrogens (tertiary/aromatic N) is 1. The van der Waals surface area contributed by atoms with Crippen LogP contribution in [0.4, 0.5) is 0 Å². The molecule has 2 heteroatoms. The van der Waals surface area contributed by atoms with Gasteiger partial charge in [-0.15, -0.1) is 0 Å². The molecule has 15 heavy (non-hydrogen) atoms. The van der Waals surface area contributed by atoms with E-state index in [9.17, 15) is 0 Å². The Bertz CT molecular complexity index is 179. The first-order chi connectivity index (χ1) is 6.94. The molecule has 0 aliphatic carbocycles. The molecule has 0 amide bonds. The monoisotopic (exact) mass is 212 g/mol. The molecule has 1 aliphatic rings. The lowest BCUT2D eigenvalue weighted by molar-refractivity contribution is 0.272. The summed E-state index contributed by atoms with van der Waals surface area (Å²) in [6.07, 6.45) is 2.55. The first-order valence-corrected chi connectivity index (χ1v) is 6.37. The molecule has 1 rings (SSSR count). The van der Waals surface area contributed by atoms with Crippen LogP contribution in [-0.4, -0.2) is 31.1 Å². The van der Waals surface area contributed by atoms with Crippen molar-refractivity contribution in [3.8, 4) is 0 Å². The number of likely N-dealkylation sites (tertiary alicyclic amines) is 1. The smallest absolute Gasteiger partial charge is 0.00102 e. The van der Waals surface area contributed by atoms with Gasteiger partial charge in [0.1, 0.15) is 0 Å². The molecule has 2 unspecified atom stereocenters. The Hall–Kier alpha value is -0.0800. The normalized spacial score (nSPS) is 28.6. The second kappa shape index (κ2) is 5.31. The van der Waals surface area contributed by atoms with Gasteiger partial charge >= 0.3 is 0 Å². The zero-order valence-corrected chi connectivity index (χ0v) is 10.9. The van der Waals surface area contributed by atoms with Gasteiger partial charge in [-0.3, -0.25) is 0 Å². The standard InChI is InChI=1S/C13H28N2/c1-11-8-15(9-12(11)2)7-5-6-13(3,4)10-14/h11-12H,5-10,14H2,1-4H3. The van der Waals surface area contributed by atoms with Gasteiger partial charge in [0.25, 0.3) is 0 Å². The fraction of sp³-hybridized carbons (Fsp3) is 1.00. The van der Waals surface area contributed by atoms with Crippen LogP contribution in [-0.2, 0) is 0 Å². The molecule has 0 aromatic carbocycles. The molecule has 2 atom stereocenters. The first kappa shape index (κ1) is 13.0. The van der Waals surface area contributed by atoms with Crippen LogP contribution in [0.5, 0.6) is 0 Å². The van der Waals surface area contributed by atoms with Crippen molar-refractivity contribution in [1.29, 1.82) is 0 Å². The van der Waals surface area contributed by atoms with Crippen molar-refractivity contribution in [2.45, 2.75) is 40.5 Å². The molecular weight excluding hydrogens is 184 g/mol. The third-order valence-electron chi connectivity index (χ3n) is 3.94. The van der Waals surface area contributed by atoms with Crippen molar-refractivity contribution in [1.82, 2.24) is 4.90 Å². The number of hydrogen-bond donors (Lipinski definition) is 1. The van der Waals surface area contributed by atoms with E-state index in [4.69, 9.17) is 5.73 Å². The van der Waals surface area contributed by atoms with Crippen molar-refractivity contribution in [3.63, 3.8) is 0 Å². The van der Waals surface area contributed by atoms with Gasteiger partial charge in [-0.1, -0.05) is 27.7 Å². The van der Waals surface area contributed by atoms with Crippen LogP contribution in [0.2, 0.25) is 0 Å². The summed E-state index contributed by atoms with van der Waals surface area (Å²) in [7, 11) is 0. The molecule has 1 saturated heterocycles. The van der Waals surface area contributed by atoms with E-state index in [2.05, 4.69) is 32.6 Å². The maximum Gasteiger partial charge on any atom is 0.00102 e. The summed E-state index contributed by atoms with van der Waals surface area (Å²) < 4.78 is 0. The van der Waals surface area contributed by atoms with Crippen LogP contribution in [0.15, 0.2) is 0 Å². The van der Waals surface area contributed by atoms with Crippen LogP contribution in [0.3, 0.4) is 0 Å². The summed E-state index contributed by atoms with van der Waals surface area (Å²) in [6.45, 7) is 13.9. The second-order valence-electron chi connectivity index (χ2n) is 6.19. The highest BCUT2D eigenvalue weighted by Crippen LogP contribution is 2.24. The Morgan fingerprint density at radius 2 is 1.73 bits per heavy atom. The van der Waals surface area contributed by atoms with Gasteiger partial charge < -0.3 is 10.6 Å². The third kappa shape index (κ3) is 4.12. The van der Waals surface area contributed by atoms with Crippen LogP contribution in [0, 0.1) is 17.3 Å². The van der Waals surface area contributed by atoms with Crippen molar-refractivity contribution < 1.29 is 0 Å². The second-order valence-corrected chi connectivity index (χ2v) is 6.19. The van der Waals surface area contributed by atoms with Gasteiger partial charge in [-0.25, -0.2) is 0 Å². The average Bonchev–Trinajstić information content (AvgIpc) is 2.46. The highest BCUT2D eigenvalue weighted by atomic mass is 15.1. The molecule has 0 spiro atoms. The van der Waals surface area contributed by atoms with Gasteiger partial charge in [0, 0.05) is 13.1 Å². The lowest BCUT2D eigenvalue weighted by atomic mass is 9.88. The Morgan fingerprint density at radius 3 is 2.20 bits per heavy atom. The molecule has 2 nitrogen and oxygen atoms in total. The molecule has 0 radical (unpaired) electrons. The van der Waals surface area contributed by atoms with E-state index in [1.165, 1.54) is 32.5 Å². The van der Waals surface area contributed by atoms with Crippen molar-refractivity contribution in [2.24, 2.45) is 23.0 Å². The largest absolute Gasteiger partial charge is 0.330 e. The minimum Gasteiger partial charge on any atom is -0.330 e. The van der Waals surface area contributed by atoms with Gasteiger partial charge in [-0.05, 0) is 43.2 Å². The lowest BCUT2D eigenvalue weighted by Crippen LogP contribution is -2.27. The predicted molar refractivity (Wildman–Crippen MR) is 66.8 cm³/mol. The van der Waals surface area contributed by atoms with Crippen molar-refractivity contribution >= 4 is 0 Å². The van der Waals surface area contributed by atoms with E-state index >= 15 is 0 Å². The molecule has 0 saturated carbocycles. The Morgan fingerprint density at radius 1 is 1.20 bits per heavy atom. The minimum absolute atomic E-state index is 0.330. The Balaban J connectivity index is 2.16. The van der Waals surface area contributed by atoms with E-state index in [0.717, 1.165) is 18.4 Å². The van der Waals surface area contributed by atoms with Crippen molar-refractivity contribution in [3.05, 3.63) is 0 Å². The van der Waals surface area contributed by atoms with E-state index in [0.29, 0.717) is 5.41 Å². The zero-order valence-electron chi connectivity index (χ0n) is 10.9. The number of hydrogen-bond acceptors (Lipinski definition) is 2. The molecular formula is C13H28N2. The Kier molecular flexibility index (Phi) is 4.60. The summed E-state index contributed by atoms with van der Waals surface area (Å²) in [5, 5.41) is 0. The summed E-state index contributed by atoms with van der Waals surface area (Å²) in [4.78, 5) is 2.61. The maximum absolute atomic E-state index is 5.73. The molecule has 1 heterocycles. The van der Waals surface area contributed by atoms with E-state index in [-0.39, 0.29) is 0 Å². The average molecular weight is 212 g/mol. The first-order valence-electron chi connectivity index (χ1n) is 6.37. The topological polar surface area (TPSA) is 29.3 Å². The Labute approximate surface area is 95.2 Å². The molecule has 1 fully saturated rings. The highest BCUT2D eigenvalue weighted by Gasteiger charge is 2.25. The predicted octanol–water partition coefficient (Wildman–Crippen LogP) is 2.34. The van der Waals surface area contributed by atoms with Crippen LogP contribution in [0.1, 0.15) is 40.5 Å². The van der Waals surface area contributed by atoms with Crippen LogP contribution < -0.4 is 5.73 Å². The SMILES string of the molecule is CC1CN(CCCC(C)(C)CN)CC1C.